The molecule has 0 fully saturated rings. The van der Waals surface area contributed by atoms with Crippen LogP contribution in [0.5, 0.6) is 0 Å². The number of hydrogen-bond donors (Lipinski definition) is 0. The van der Waals surface area contributed by atoms with Crippen molar-refractivity contribution >= 4 is 54.3 Å². The number of para-hydroxylation sites is 1. The van der Waals surface area contributed by atoms with Crippen LogP contribution in [0.1, 0.15) is 25.0 Å². The number of hydrogen-bond acceptors (Lipinski definition) is 1. The number of fused-ring (bicyclic) bond motifs is 10. The fourth-order valence-electron chi connectivity index (χ4n) is 8.55. The van der Waals surface area contributed by atoms with E-state index in [4.69, 9.17) is 4.42 Å². The van der Waals surface area contributed by atoms with Crippen molar-refractivity contribution in [1.82, 2.24) is 0 Å². The van der Waals surface area contributed by atoms with Crippen LogP contribution < -0.4 is 0 Å². The van der Waals surface area contributed by atoms with Gasteiger partial charge in [0.25, 0.3) is 0 Å². The van der Waals surface area contributed by atoms with Crippen molar-refractivity contribution in [3.8, 4) is 33.4 Å². The molecule has 10 rings (SSSR count). The molecule has 1 aliphatic carbocycles. The van der Waals surface area contributed by atoms with Gasteiger partial charge in [-0.15, -0.1) is 0 Å². The van der Waals surface area contributed by atoms with E-state index in [1.165, 1.54) is 82.2 Å². The molecule has 0 aliphatic heterocycles. The summed E-state index contributed by atoms with van der Waals surface area (Å²) in [6.07, 6.45) is 0. The molecule has 46 heavy (non-hydrogen) atoms. The number of rotatable bonds is 2. The zero-order chi connectivity index (χ0) is 30.6. The van der Waals surface area contributed by atoms with Gasteiger partial charge in [-0.3, -0.25) is 0 Å². The summed E-state index contributed by atoms with van der Waals surface area (Å²) >= 11 is 0. The van der Waals surface area contributed by atoms with E-state index in [1.54, 1.807) is 0 Å². The van der Waals surface area contributed by atoms with E-state index in [9.17, 15) is 0 Å². The molecule has 0 radical (unpaired) electrons. The second-order valence-electron chi connectivity index (χ2n) is 13.2. The fraction of sp³-hybridized carbons (Fsp3) is 0.0667. The van der Waals surface area contributed by atoms with Crippen molar-refractivity contribution in [3.63, 3.8) is 0 Å². The van der Waals surface area contributed by atoms with Gasteiger partial charge in [0.2, 0.25) is 0 Å². The second-order valence-corrected chi connectivity index (χ2v) is 13.2. The smallest absolute Gasteiger partial charge is 0.136 e. The molecule has 0 spiro atoms. The Balaban J connectivity index is 1.35. The summed E-state index contributed by atoms with van der Waals surface area (Å²) in [5, 5.41) is 9.99. The summed E-state index contributed by atoms with van der Waals surface area (Å²) in [6.45, 7) is 4.80. The first kappa shape index (κ1) is 25.6. The lowest BCUT2D eigenvalue weighted by atomic mass is 9.76. The lowest BCUT2D eigenvalue weighted by Crippen LogP contribution is -2.16. The maximum atomic E-state index is 6.37. The molecule has 8 aromatic carbocycles. The predicted molar refractivity (Wildman–Crippen MR) is 195 cm³/mol. The van der Waals surface area contributed by atoms with Crippen LogP contribution in [0.2, 0.25) is 0 Å². The first-order chi connectivity index (χ1) is 22.6. The molecule has 216 valence electrons. The minimum absolute atomic E-state index is 0.159. The van der Waals surface area contributed by atoms with Gasteiger partial charge >= 0.3 is 0 Å². The molecule has 0 unspecified atom stereocenters. The largest absolute Gasteiger partial charge is 0.456 e. The van der Waals surface area contributed by atoms with Crippen LogP contribution in [0.25, 0.3) is 87.6 Å². The van der Waals surface area contributed by atoms with Gasteiger partial charge in [-0.05, 0) is 89.0 Å². The van der Waals surface area contributed by atoms with Gasteiger partial charge in [-0.1, -0.05) is 147 Å². The molecule has 1 heterocycles. The van der Waals surface area contributed by atoms with E-state index < -0.39 is 0 Å². The Morgan fingerprint density at radius 2 is 0.891 bits per heavy atom. The highest BCUT2D eigenvalue weighted by atomic mass is 16.3. The Hall–Kier alpha value is -5.66. The van der Waals surface area contributed by atoms with Crippen molar-refractivity contribution in [2.75, 3.05) is 0 Å². The van der Waals surface area contributed by atoms with Gasteiger partial charge in [-0.25, -0.2) is 0 Å². The molecule has 0 bridgehead atoms. The van der Waals surface area contributed by atoms with Gasteiger partial charge in [0.15, 0.2) is 0 Å². The topological polar surface area (TPSA) is 13.1 Å². The highest BCUT2D eigenvalue weighted by molar-refractivity contribution is 6.26. The maximum absolute atomic E-state index is 6.37. The van der Waals surface area contributed by atoms with Crippen LogP contribution in [0, 0.1) is 0 Å². The highest BCUT2D eigenvalue weighted by Gasteiger charge is 2.39. The van der Waals surface area contributed by atoms with Gasteiger partial charge in [0, 0.05) is 16.2 Å². The van der Waals surface area contributed by atoms with Gasteiger partial charge in [-0.2, -0.15) is 0 Å². The van der Waals surface area contributed by atoms with Crippen LogP contribution in [-0.2, 0) is 5.41 Å². The number of benzene rings is 8. The van der Waals surface area contributed by atoms with Crippen molar-refractivity contribution in [1.29, 1.82) is 0 Å². The predicted octanol–water partition coefficient (Wildman–Crippen LogP) is 12.7. The molecular formula is C45H30O. The first-order valence-electron chi connectivity index (χ1n) is 16.1. The van der Waals surface area contributed by atoms with Crippen molar-refractivity contribution < 1.29 is 4.42 Å². The van der Waals surface area contributed by atoms with Crippen LogP contribution >= 0.6 is 0 Å². The van der Waals surface area contributed by atoms with Gasteiger partial charge in [0.1, 0.15) is 11.2 Å². The standard InChI is InChI=1S/C45H30O/c1-45(2)37-26-25-27-13-3-4-14-28(27)42(37)36-22-11-21-35(44(36)45)41-31-17-7-5-15-29(31)40(30-16-6-8-18-32(30)41)34-20-12-24-39-43(34)33-19-9-10-23-38(33)46-39/h3-26H,1-2H3. The quantitative estimate of drug-likeness (QED) is 0.184. The SMILES string of the molecule is CC1(C)c2ccc3ccccc3c2-c2cccc(-c3c4ccccc4c(-c4cccc5oc6ccccc6c45)c4ccccc34)c21. The maximum Gasteiger partial charge on any atom is 0.136 e. The monoisotopic (exact) mass is 586 g/mol. The van der Waals surface area contributed by atoms with Gasteiger partial charge in [0.05, 0.1) is 0 Å². The Kier molecular flexibility index (Phi) is 5.12. The minimum atomic E-state index is -0.159. The highest BCUT2D eigenvalue weighted by Crippen LogP contribution is 2.56. The van der Waals surface area contributed by atoms with Gasteiger partial charge < -0.3 is 4.42 Å². The third kappa shape index (κ3) is 3.30. The third-order valence-electron chi connectivity index (χ3n) is 10.4. The van der Waals surface area contributed by atoms with E-state index >= 15 is 0 Å². The summed E-state index contributed by atoms with van der Waals surface area (Å²) in [5.74, 6) is 0. The summed E-state index contributed by atoms with van der Waals surface area (Å²) in [6, 6.07) is 53.3. The Morgan fingerprint density at radius 3 is 1.59 bits per heavy atom. The Morgan fingerprint density at radius 1 is 0.391 bits per heavy atom. The average Bonchev–Trinajstić information content (AvgIpc) is 3.60. The molecule has 1 aromatic heterocycles. The third-order valence-corrected chi connectivity index (χ3v) is 10.4. The lowest BCUT2D eigenvalue weighted by Gasteiger charge is -2.26. The molecule has 1 aliphatic rings. The normalized spacial score (nSPS) is 13.6. The molecule has 0 atom stereocenters. The van der Waals surface area contributed by atoms with E-state index in [0.717, 1.165) is 16.6 Å². The molecule has 0 N–H and O–H groups in total. The van der Waals surface area contributed by atoms with Crippen LogP contribution in [-0.4, -0.2) is 0 Å². The fourth-order valence-corrected chi connectivity index (χ4v) is 8.55. The molecule has 1 heteroatoms. The summed E-state index contributed by atoms with van der Waals surface area (Å²) in [5.41, 5.74) is 12.3. The zero-order valence-corrected chi connectivity index (χ0v) is 25.8. The molecule has 0 saturated heterocycles. The Labute approximate surface area is 267 Å². The van der Waals surface area contributed by atoms with Crippen LogP contribution in [0.3, 0.4) is 0 Å². The van der Waals surface area contributed by atoms with E-state index in [-0.39, 0.29) is 5.41 Å². The van der Waals surface area contributed by atoms with E-state index in [2.05, 4.69) is 153 Å². The van der Waals surface area contributed by atoms with E-state index in [1.807, 2.05) is 6.07 Å². The summed E-state index contributed by atoms with van der Waals surface area (Å²) < 4.78 is 6.37. The van der Waals surface area contributed by atoms with Crippen molar-refractivity contribution in [2.24, 2.45) is 0 Å². The summed E-state index contributed by atoms with van der Waals surface area (Å²) in [4.78, 5) is 0. The van der Waals surface area contributed by atoms with Crippen molar-refractivity contribution in [2.45, 2.75) is 19.3 Å². The first-order valence-corrected chi connectivity index (χ1v) is 16.1. The number of furan rings is 1. The molecule has 1 nitrogen and oxygen atoms in total. The molecule has 0 amide bonds. The van der Waals surface area contributed by atoms with E-state index in [0.29, 0.717) is 0 Å². The second kappa shape index (κ2) is 9.19. The molecule has 0 saturated carbocycles. The zero-order valence-electron chi connectivity index (χ0n) is 25.8. The molecule has 9 aromatic rings. The van der Waals surface area contributed by atoms with Crippen LogP contribution in [0.4, 0.5) is 0 Å². The Bertz CT molecular complexity index is 2660. The molecular weight excluding hydrogens is 556 g/mol. The summed E-state index contributed by atoms with van der Waals surface area (Å²) in [7, 11) is 0. The van der Waals surface area contributed by atoms with Crippen LogP contribution in [0.15, 0.2) is 150 Å². The average molecular weight is 587 g/mol. The van der Waals surface area contributed by atoms with Crippen molar-refractivity contribution in [3.05, 3.63) is 157 Å². The lowest BCUT2D eigenvalue weighted by molar-refractivity contribution is 0.662. The minimum Gasteiger partial charge on any atom is -0.456 e.